The molecule has 2 aliphatic rings. The summed E-state index contributed by atoms with van der Waals surface area (Å²) in [7, 11) is 0. The zero-order valence-corrected chi connectivity index (χ0v) is 14.1. The van der Waals surface area contributed by atoms with Crippen molar-refractivity contribution in [1.82, 2.24) is 14.9 Å². The molecular formula is C17H24N4S. The van der Waals surface area contributed by atoms with E-state index >= 15 is 0 Å². The zero-order valence-electron chi connectivity index (χ0n) is 13.3. The molecule has 118 valence electrons. The molecule has 4 heterocycles. The highest BCUT2D eigenvalue weighted by Gasteiger charge is 2.29. The van der Waals surface area contributed by atoms with Crippen molar-refractivity contribution in [2.24, 2.45) is 0 Å². The van der Waals surface area contributed by atoms with Gasteiger partial charge in [0.2, 0.25) is 0 Å². The Morgan fingerprint density at radius 3 is 2.86 bits per heavy atom. The van der Waals surface area contributed by atoms with Crippen LogP contribution in [0.25, 0.3) is 10.2 Å². The zero-order chi connectivity index (χ0) is 14.9. The number of aryl methyl sites for hydroxylation is 1. The maximum Gasteiger partial charge on any atom is 0.150 e. The monoisotopic (exact) mass is 316 g/mol. The fraction of sp³-hybridized carbons (Fsp3) is 0.647. The first-order valence-electron chi connectivity index (χ1n) is 8.51. The van der Waals surface area contributed by atoms with Crippen LogP contribution in [0.1, 0.15) is 37.7 Å². The molecule has 4 rings (SSSR count). The Balaban J connectivity index is 1.59. The number of fused-ring (bicyclic) bond motifs is 1. The van der Waals surface area contributed by atoms with Gasteiger partial charge in [-0.2, -0.15) is 0 Å². The first-order chi connectivity index (χ1) is 10.8. The van der Waals surface area contributed by atoms with Gasteiger partial charge in [0.05, 0.1) is 10.2 Å². The lowest BCUT2D eigenvalue weighted by molar-refractivity contribution is 0.216. The van der Waals surface area contributed by atoms with Crippen molar-refractivity contribution in [2.45, 2.75) is 45.1 Å². The van der Waals surface area contributed by atoms with Crippen molar-refractivity contribution < 1.29 is 0 Å². The summed E-state index contributed by atoms with van der Waals surface area (Å²) in [5.74, 6) is 1.17. The molecule has 2 fully saturated rings. The van der Waals surface area contributed by atoms with E-state index in [9.17, 15) is 0 Å². The molecule has 0 aromatic carbocycles. The lowest BCUT2D eigenvalue weighted by atomic mass is 10.1. The third-order valence-electron chi connectivity index (χ3n) is 5.08. The number of piperidine rings is 1. The average Bonchev–Trinajstić information content (AvgIpc) is 3.16. The summed E-state index contributed by atoms with van der Waals surface area (Å²) < 4.78 is 1.27. The molecule has 0 bridgehead atoms. The maximum atomic E-state index is 4.65. The summed E-state index contributed by atoms with van der Waals surface area (Å²) in [6.45, 7) is 7.05. The molecule has 4 nitrogen and oxygen atoms in total. The number of anilines is 1. The van der Waals surface area contributed by atoms with E-state index in [0.29, 0.717) is 6.04 Å². The Hall–Kier alpha value is -1.20. The van der Waals surface area contributed by atoms with E-state index in [1.54, 1.807) is 17.7 Å². The second-order valence-electron chi connectivity index (χ2n) is 6.64. The first-order valence-corrected chi connectivity index (χ1v) is 9.38. The third-order valence-corrected chi connectivity index (χ3v) is 6.16. The molecule has 0 spiro atoms. The van der Waals surface area contributed by atoms with Gasteiger partial charge in [-0.25, -0.2) is 9.97 Å². The number of nitrogens with zero attached hydrogens (tertiary/aromatic N) is 4. The molecule has 2 aliphatic heterocycles. The summed E-state index contributed by atoms with van der Waals surface area (Å²) in [6.07, 6.45) is 8.48. The number of likely N-dealkylation sites (tertiary alicyclic amines) is 1. The van der Waals surface area contributed by atoms with Crippen LogP contribution in [0.5, 0.6) is 0 Å². The second-order valence-corrected chi connectivity index (χ2v) is 7.52. The Morgan fingerprint density at radius 1 is 1.14 bits per heavy atom. The van der Waals surface area contributed by atoms with Gasteiger partial charge in [0, 0.05) is 19.1 Å². The molecule has 2 saturated heterocycles. The summed E-state index contributed by atoms with van der Waals surface area (Å²) in [5, 5.41) is 2.21. The van der Waals surface area contributed by atoms with Gasteiger partial charge in [-0.05, 0) is 56.6 Å². The molecule has 1 unspecified atom stereocenters. The summed E-state index contributed by atoms with van der Waals surface area (Å²) >= 11 is 1.80. The van der Waals surface area contributed by atoms with Crippen LogP contribution in [-0.2, 0) is 0 Å². The van der Waals surface area contributed by atoms with Crippen LogP contribution in [0.3, 0.4) is 0 Å². The molecule has 0 aliphatic carbocycles. The Kier molecular flexibility index (Phi) is 4.01. The molecule has 22 heavy (non-hydrogen) atoms. The second kappa shape index (κ2) is 6.13. The van der Waals surface area contributed by atoms with E-state index in [-0.39, 0.29) is 0 Å². The Morgan fingerprint density at radius 2 is 2.00 bits per heavy atom. The smallest absolute Gasteiger partial charge is 0.150 e. The quantitative estimate of drug-likeness (QED) is 0.868. The lowest BCUT2D eigenvalue weighted by Crippen LogP contribution is -2.42. The Labute approximate surface area is 136 Å². The molecule has 0 saturated carbocycles. The Bertz CT molecular complexity index is 647. The fourth-order valence-electron chi connectivity index (χ4n) is 3.91. The highest BCUT2D eigenvalue weighted by Crippen LogP contribution is 2.34. The topological polar surface area (TPSA) is 32.3 Å². The third kappa shape index (κ3) is 2.61. The van der Waals surface area contributed by atoms with Crippen molar-refractivity contribution >= 4 is 27.4 Å². The molecule has 0 radical (unpaired) electrons. The van der Waals surface area contributed by atoms with Gasteiger partial charge < -0.3 is 9.80 Å². The SMILES string of the molecule is Cc1csc2c(N3CCCC3CN3CCCCC3)ncnc12. The summed E-state index contributed by atoms with van der Waals surface area (Å²) in [4.78, 5) is 14.3. The van der Waals surface area contributed by atoms with Crippen molar-refractivity contribution in [2.75, 3.05) is 31.1 Å². The minimum atomic E-state index is 0.624. The van der Waals surface area contributed by atoms with Crippen LogP contribution >= 0.6 is 11.3 Å². The molecule has 0 N–H and O–H groups in total. The minimum Gasteiger partial charge on any atom is -0.351 e. The van der Waals surface area contributed by atoms with Crippen LogP contribution in [0, 0.1) is 6.92 Å². The van der Waals surface area contributed by atoms with Gasteiger partial charge >= 0.3 is 0 Å². The average molecular weight is 316 g/mol. The molecule has 2 aromatic heterocycles. The van der Waals surface area contributed by atoms with E-state index in [1.165, 1.54) is 67.8 Å². The minimum absolute atomic E-state index is 0.624. The van der Waals surface area contributed by atoms with Crippen LogP contribution in [0.4, 0.5) is 5.82 Å². The van der Waals surface area contributed by atoms with Crippen molar-refractivity contribution in [3.05, 3.63) is 17.3 Å². The van der Waals surface area contributed by atoms with Crippen molar-refractivity contribution in [3.63, 3.8) is 0 Å². The summed E-state index contributed by atoms with van der Waals surface area (Å²) in [6, 6.07) is 0.624. The largest absolute Gasteiger partial charge is 0.351 e. The van der Waals surface area contributed by atoms with Gasteiger partial charge in [0.25, 0.3) is 0 Å². The summed E-state index contributed by atoms with van der Waals surface area (Å²) in [5.41, 5.74) is 2.41. The molecule has 2 aromatic rings. The van der Waals surface area contributed by atoms with Crippen molar-refractivity contribution in [1.29, 1.82) is 0 Å². The highest BCUT2D eigenvalue weighted by molar-refractivity contribution is 7.18. The number of hydrogen-bond acceptors (Lipinski definition) is 5. The van der Waals surface area contributed by atoms with E-state index in [4.69, 9.17) is 0 Å². The standard InChI is InChI=1S/C17H24N4S/c1-13-11-22-16-15(13)18-12-19-17(16)21-9-5-6-14(21)10-20-7-3-2-4-8-20/h11-12,14H,2-10H2,1H3. The van der Waals surface area contributed by atoms with Gasteiger partial charge in [-0.15, -0.1) is 11.3 Å². The van der Waals surface area contributed by atoms with Gasteiger partial charge in [-0.3, -0.25) is 0 Å². The number of rotatable bonds is 3. The lowest BCUT2D eigenvalue weighted by Gasteiger charge is -2.33. The van der Waals surface area contributed by atoms with Gasteiger partial charge in [0.1, 0.15) is 12.1 Å². The van der Waals surface area contributed by atoms with Gasteiger partial charge in [0.15, 0.2) is 0 Å². The van der Waals surface area contributed by atoms with Crippen LogP contribution in [0.15, 0.2) is 11.7 Å². The van der Waals surface area contributed by atoms with Crippen LogP contribution in [0.2, 0.25) is 0 Å². The van der Waals surface area contributed by atoms with Gasteiger partial charge in [-0.1, -0.05) is 6.42 Å². The predicted octanol–water partition coefficient (Wildman–Crippen LogP) is 3.45. The van der Waals surface area contributed by atoms with Crippen LogP contribution in [-0.4, -0.2) is 47.1 Å². The first kappa shape index (κ1) is 14.4. The molecular weight excluding hydrogens is 292 g/mol. The number of aromatic nitrogens is 2. The number of hydrogen-bond donors (Lipinski definition) is 0. The molecule has 1 atom stereocenters. The fourth-order valence-corrected chi connectivity index (χ4v) is 4.91. The molecule has 5 heteroatoms. The van der Waals surface area contributed by atoms with E-state index in [0.717, 1.165) is 12.1 Å². The molecule has 0 amide bonds. The normalized spacial score (nSPS) is 23.5. The van der Waals surface area contributed by atoms with E-state index in [1.807, 2.05) is 0 Å². The maximum absolute atomic E-state index is 4.65. The van der Waals surface area contributed by atoms with E-state index < -0.39 is 0 Å². The predicted molar refractivity (Wildman–Crippen MR) is 92.8 cm³/mol. The number of thiophene rings is 1. The highest BCUT2D eigenvalue weighted by atomic mass is 32.1. The van der Waals surface area contributed by atoms with E-state index in [2.05, 4.69) is 32.1 Å². The van der Waals surface area contributed by atoms with Crippen molar-refractivity contribution in [3.8, 4) is 0 Å². The van der Waals surface area contributed by atoms with Crippen LogP contribution < -0.4 is 4.90 Å².